The van der Waals surface area contributed by atoms with Gasteiger partial charge in [0.15, 0.2) is 11.5 Å². The van der Waals surface area contributed by atoms with Gasteiger partial charge in [0.05, 0.1) is 17.2 Å². The first-order chi connectivity index (χ1) is 11.6. The van der Waals surface area contributed by atoms with E-state index in [1.54, 1.807) is 0 Å². The van der Waals surface area contributed by atoms with E-state index >= 15 is 0 Å². The molecule has 2 aliphatic heterocycles. The van der Waals surface area contributed by atoms with E-state index in [4.69, 9.17) is 25.8 Å². The highest BCUT2D eigenvalue weighted by atomic mass is 35.5. The van der Waals surface area contributed by atoms with Gasteiger partial charge in [-0.25, -0.2) is 4.79 Å². The first-order valence-corrected chi connectivity index (χ1v) is 8.75. The first kappa shape index (κ1) is 17.2. The maximum absolute atomic E-state index is 12.0. The Morgan fingerprint density at radius 3 is 2.96 bits per heavy atom. The summed E-state index contributed by atoms with van der Waals surface area (Å²) in [5.74, 6) is 1.27. The van der Waals surface area contributed by atoms with Gasteiger partial charge in [0.2, 0.25) is 0 Å². The molecule has 2 unspecified atom stereocenters. The monoisotopic (exact) mass is 354 g/mol. The largest absolute Gasteiger partial charge is 0.486 e. The first-order valence-electron chi connectivity index (χ1n) is 8.37. The number of halogens is 1. The van der Waals surface area contributed by atoms with Gasteiger partial charge in [-0.2, -0.15) is 0 Å². The third-order valence-electron chi connectivity index (χ3n) is 4.24. The number of urea groups is 1. The van der Waals surface area contributed by atoms with Crippen LogP contribution in [0, 0.1) is 0 Å². The van der Waals surface area contributed by atoms with Gasteiger partial charge in [0, 0.05) is 13.2 Å². The summed E-state index contributed by atoms with van der Waals surface area (Å²) in [6.45, 7) is 4.30. The zero-order chi connectivity index (χ0) is 16.9. The van der Waals surface area contributed by atoms with Crippen molar-refractivity contribution in [2.45, 2.75) is 38.3 Å². The highest BCUT2D eigenvalue weighted by molar-refractivity contribution is 6.32. The minimum atomic E-state index is -0.179. The number of hydrogen-bond acceptors (Lipinski definition) is 4. The van der Waals surface area contributed by atoms with Gasteiger partial charge < -0.3 is 24.8 Å². The van der Waals surface area contributed by atoms with Crippen molar-refractivity contribution in [3.8, 4) is 11.5 Å². The smallest absolute Gasteiger partial charge is 0.315 e. The molecule has 0 spiro atoms. The molecular weight excluding hydrogens is 332 g/mol. The molecule has 1 saturated heterocycles. The lowest BCUT2D eigenvalue weighted by atomic mass is 10.1. The van der Waals surface area contributed by atoms with Crippen LogP contribution in [-0.4, -0.2) is 44.5 Å². The van der Waals surface area contributed by atoms with Gasteiger partial charge >= 0.3 is 6.03 Å². The van der Waals surface area contributed by atoms with Crippen molar-refractivity contribution in [2.24, 2.45) is 0 Å². The molecule has 0 radical (unpaired) electrons. The second-order valence-electron chi connectivity index (χ2n) is 6.09. The van der Waals surface area contributed by atoms with Crippen molar-refractivity contribution in [3.05, 3.63) is 22.7 Å². The molecule has 0 bridgehead atoms. The van der Waals surface area contributed by atoms with E-state index in [0.717, 1.165) is 25.0 Å². The summed E-state index contributed by atoms with van der Waals surface area (Å²) >= 11 is 6.21. The van der Waals surface area contributed by atoms with Crippen molar-refractivity contribution in [2.75, 3.05) is 26.4 Å². The molecule has 2 atom stereocenters. The molecule has 2 aliphatic rings. The number of ether oxygens (including phenoxy) is 3. The Labute approximate surface area is 146 Å². The fourth-order valence-electron chi connectivity index (χ4n) is 2.98. The van der Waals surface area contributed by atoms with E-state index in [0.29, 0.717) is 42.7 Å². The Kier molecular flexibility index (Phi) is 5.68. The molecule has 0 saturated carbocycles. The summed E-state index contributed by atoms with van der Waals surface area (Å²) < 4.78 is 16.6. The molecule has 0 aliphatic carbocycles. The Bertz CT molecular complexity index is 590. The van der Waals surface area contributed by atoms with Crippen LogP contribution in [0.25, 0.3) is 0 Å². The van der Waals surface area contributed by atoms with Crippen LogP contribution < -0.4 is 20.1 Å². The van der Waals surface area contributed by atoms with Gasteiger partial charge in [-0.05, 0) is 43.9 Å². The lowest BCUT2D eigenvalue weighted by Gasteiger charge is -2.21. The Morgan fingerprint density at radius 1 is 1.33 bits per heavy atom. The Morgan fingerprint density at radius 2 is 2.17 bits per heavy atom. The summed E-state index contributed by atoms with van der Waals surface area (Å²) in [5, 5.41) is 6.33. The molecule has 2 heterocycles. The minimum absolute atomic E-state index is 0.0104. The quantitative estimate of drug-likeness (QED) is 0.852. The number of nitrogens with one attached hydrogen (secondary N) is 2. The molecular formula is C17H23ClN2O4. The maximum atomic E-state index is 12.0. The predicted octanol–water partition coefficient (Wildman–Crippen LogP) is 2.52. The van der Waals surface area contributed by atoms with Gasteiger partial charge in [-0.15, -0.1) is 0 Å². The van der Waals surface area contributed by atoms with Crippen molar-refractivity contribution < 1.29 is 19.0 Å². The van der Waals surface area contributed by atoms with Crippen molar-refractivity contribution >= 4 is 17.6 Å². The van der Waals surface area contributed by atoms with E-state index in [9.17, 15) is 4.79 Å². The molecule has 132 valence electrons. The third-order valence-corrected chi connectivity index (χ3v) is 4.52. The molecule has 1 fully saturated rings. The Hall–Kier alpha value is -1.66. The summed E-state index contributed by atoms with van der Waals surface area (Å²) in [6.07, 6.45) is 2.84. The standard InChI is InChI=1S/C17H23ClN2O4/c1-11(14-3-2-6-22-14)20-17(21)19-5-4-12-9-13(18)16-15(10-12)23-7-8-24-16/h9-11,14H,2-8H2,1H3,(H2,19,20,21). The molecule has 1 aromatic rings. The summed E-state index contributed by atoms with van der Waals surface area (Å²) in [4.78, 5) is 12.0. The number of hydrogen-bond donors (Lipinski definition) is 2. The molecule has 7 heteroatoms. The average Bonchev–Trinajstić information content (AvgIpc) is 3.09. The highest BCUT2D eigenvalue weighted by Gasteiger charge is 2.23. The topological polar surface area (TPSA) is 68.8 Å². The van der Waals surface area contributed by atoms with E-state index in [1.165, 1.54) is 0 Å². The summed E-state index contributed by atoms with van der Waals surface area (Å²) in [5.41, 5.74) is 0.997. The second-order valence-corrected chi connectivity index (χ2v) is 6.50. The van der Waals surface area contributed by atoms with Crippen LogP contribution in [0.3, 0.4) is 0 Å². The van der Waals surface area contributed by atoms with Gasteiger partial charge in [0.25, 0.3) is 0 Å². The molecule has 2 N–H and O–H groups in total. The average molecular weight is 355 g/mol. The molecule has 0 aromatic heterocycles. The van der Waals surface area contributed by atoms with Crippen molar-refractivity contribution in [1.29, 1.82) is 0 Å². The van der Waals surface area contributed by atoms with Gasteiger partial charge in [-0.3, -0.25) is 0 Å². The lowest BCUT2D eigenvalue weighted by molar-refractivity contribution is 0.0860. The summed E-state index contributed by atoms with van der Waals surface area (Å²) in [7, 11) is 0. The van der Waals surface area contributed by atoms with Crippen LogP contribution in [0.5, 0.6) is 11.5 Å². The fourth-order valence-corrected chi connectivity index (χ4v) is 3.26. The fraction of sp³-hybridized carbons (Fsp3) is 0.588. The Balaban J connectivity index is 1.46. The summed E-state index contributed by atoms with van der Waals surface area (Å²) in [6, 6.07) is 3.59. The SMILES string of the molecule is CC(NC(=O)NCCc1cc(Cl)c2c(c1)OCCO2)C1CCCO1. The molecule has 6 nitrogen and oxygen atoms in total. The number of amides is 2. The zero-order valence-electron chi connectivity index (χ0n) is 13.8. The number of benzene rings is 1. The van der Waals surface area contributed by atoms with E-state index in [-0.39, 0.29) is 18.2 Å². The molecule has 1 aromatic carbocycles. The molecule has 2 amide bonds. The lowest BCUT2D eigenvalue weighted by Crippen LogP contribution is -2.46. The minimum Gasteiger partial charge on any atom is -0.486 e. The van der Waals surface area contributed by atoms with Crippen LogP contribution in [0.1, 0.15) is 25.3 Å². The van der Waals surface area contributed by atoms with E-state index < -0.39 is 0 Å². The highest BCUT2D eigenvalue weighted by Crippen LogP contribution is 2.38. The number of carbonyl (C=O) groups is 1. The number of fused-ring (bicyclic) bond motifs is 1. The van der Waals surface area contributed by atoms with Crippen molar-refractivity contribution in [3.63, 3.8) is 0 Å². The van der Waals surface area contributed by atoms with Gasteiger partial charge in [-0.1, -0.05) is 11.6 Å². The van der Waals surface area contributed by atoms with Crippen LogP contribution in [-0.2, 0) is 11.2 Å². The number of rotatable bonds is 5. The van der Waals surface area contributed by atoms with E-state index in [1.807, 2.05) is 19.1 Å². The third kappa shape index (κ3) is 4.24. The normalized spacial score (nSPS) is 20.5. The predicted molar refractivity (Wildman–Crippen MR) is 91.1 cm³/mol. The van der Waals surface area contributed by atoms with Crippen LogP contribution in [0.4, 0.5) is 4.79 Å². The van der Waals surface area contributed by atoms with Crippen molar-refractivity contribution in [1.82, 2.24) is 10.6 Å². The van der Waals surface area contributed by atoms with E-state index in [2.05, 4.69) is 10.6 Å². The maximum Gasteiger partial charge on any atom is 0.315 e. The molecule has 24 heavy (non-hydrogen) atoms. The second kappa shape index (κ2) is 7.94. The number of carbonyl (C=O) groups excluding carboxylic acids is 1. The van der Waals surface area contributed by atoms with Crippen LogP contribution >= 0.6 is 11.6 Å². The zero-order valence-corrected chi connectivity index (χ0v) is 14.5. The molecule has 3 rings (SSSR count). The van der Waals surface area contributed by atoms with Crippen LogP contribution in [0.15, 0.2) is 12.1 Å². The van der Waals surface area contributed by atoms with Crippen LogP contribution in [0.2, 0.25) is 5.02 Å². The van der Waals surface area contributed by atoms with Gasteiger partial charge in [0.1, 0.15) is 13.2 Å².